The summed E-state index contributed by atoms with van der Waals surface area (Å²) in [5.74, 6) is 0.566. The molecular weight excluding hydrogens is 563 g/mol. The number of ether oxygens (including phenoxy) is 2. The molecule has 2 saturated carbocycles. The Hall–Kier alpha value is -2.61. The third kappa shape index (κ3) is 6.90. The van der Waals surface area contributed by atoms with Crippen LogP contribution in [0.15, 0.2) is 42.5 Å². The van der Waals surface area contributed by atoms with Crippen LogP contribution in [-0.4, -0.2) is 66.5 Å². The quantitative estimate of drug-likeness (QED) is 0.286. The van der Waals surface area contributed by atoms with Gasteiger partial charge in [0, 0.05) is 57.8 Å². The highest BCUT2D eigenvalue weighted by Crippen LogP contribution is 2.52. The molecule has 0 N–H and O–H groups in total. The predicted octanol–water partition coefficient (Wildman–Crippen LogP) is 5.68. The summed E-state index contributed by atoms with van der Waals surface area (Å²) in [5.41, 5.74) is 1.48. The summed E-state index contributed by atoms with van der Waals surface area (Å²) in [7, 11) is 1.83. The molecule has 1 aliphatic heterocycles. The number of amides is 1. The molecule has 5 rings (SSSR count). The SMILES string of the molecule is CC(=O)Oc1cccc([C@@]23CCN(CC4CC4)C[C@H]2C(OC(C)=O)C[C@H](N(C)C(=O)Cc2ccc(Cl)c(Cl)c2)C3)c1. The number of benzene rings is 2. The maximum atomic E-state index is 13.6. The average molecular weight is 602 g/mol. The molecule has 3 aliphatic rings. The van der Waals surface area contributed by atoms with E-state index < -0.39 is 0 Å². The third-order valence-electron chi connectivity index (χ3n) is 9.07. The van der Waals surface area contributed by atoms with Gasteiger partial charge in [0.1, 0.15) is 11.9 Å². The molecule has 7 nitrogen and oxygen atoms in total. The lowest BCUT2D eigenvalue weighted by Crippen LogP contribution is -2.62. The molecule has 2 aromatic rings. The van der Waals surface area contributed by atoms with E-state index in [0.717, 1.165) is 49.5 Å². The summed E-state index contributed by atoms with van der Waals surface area (Å²) in [6.07, 6.45) is 4.53. The van der Waals surface area contributed by atoms with E-state index >= 15 is 0 Å². The van der Waals surface area contributed by atoms with E-state index in [1.54, 1.807) is 18.2 Å². The molecule has 220 valence electrons. The molecule has 1 unspecified atom stereocenters. The molecule has 2 aromatic carbocycles. The number of fused-ring (bicyclic) bond motifs is 1. The molecule has 1 amide bonds. The largest absolute Gasteiger partial charge is 0.462 e. The highest BCUT2D eigenvalue weighted by Gasteiger charge is 2.54. The van der Waals surface area contributed by atoms with Crippen LogP contribution in [0.2, 0.25) is 10.0 Å². The lowest BCUT2D eigenvalue weighted by atomic mass is 9.56. The van der Waals surface area contributed by atoms with E-state index in [9.17, 15) is 14.4 Å². The number of rotatable bonds is 8. The van der Waals surface area contributed by atoms with Gasteiger partial charge in [0.25, 0.3) is 0 Å². The van der Waals surface area contributed by atoms with E-state index in [2.05, 4.69) is 11.0 Å². The number of likely N-dealkylation sites (tertiary alicyclic amines) is 1. The van der Waals surface area contributed by atoms with Gasteiger partial charge in [-0.05, 0) is 73.5 Å². The van der Waals surface area contributed by atoms with Gasteiger partial charge in [-0.3, -0.25) is 14.4 Å². The van der Waals surface area contributed by atoms with Crippen molar-refractivity contribution < 1.29 is 23.9 Å². The third-order valence-corrected chi connectivity index (χ3v) is 9.81. The van der Waals surface area contributed by atoms with Gasteiger partial charge in [0.2, 0.25) is 5.91 Å². The first-order valence-corrected chi connectivity index (χ1v) is 15.2. The summed E-state index contributed by atoms with van der Waals surface area (Å²) in [6.45, 7) is 5.66. The molecule has 0 bridgehead atoms. The molecule has 2 aliphatic carbocycles. The number of carbonyl (C=O) groups excluding carboxylic acids is 3. The van der Waals surface area contributed by atoms with Gasteiger partial charge < -0.3 is 19.3 Å². The summed E-state index contributed by atoms with van der Waals surface area (Å²) in [6, 6.07) is 12.8. The Kier molecular flexibility index (Phi) is 8.98. The number of esters is 2. The molecule has 1 saturated heterocycles. The Bertz CT molecular complexity index is 1310. The number of likely N-dealkylation sites (N-methyl/N-ethyl adjacent to an activating group) is 1. The van der Waals surface area contributed by atoms with Crippen LogP contribution in [0.5, 0.6) is 5.75 Å². The maximum absolute atomic E-state index is 13.6. The minimum absolute atomic E-state index is 0.0385. The Morgan fingerprint density at radius 2 is 1.83 bits per heavy atom. The highest BCUT2D eigenvalue weighted by atomic mass is 35.5. The highest BCUT2D eigenvalue weighted by molar-refractivity contribution is 6.42. The van der Waals surface area contributed by atoms with Crippen molar-refractivity contribution in [3.63, 3.8) is 0 Å². The van der Waals surface area contributed by atoms with E-state index in [1.807, 2.05) is 30.1 Å². The molecule has 41 heavy (non-hydrogen) atoms. The first-order chi connectivity index (χ1) is 19.5. The standard InChI is InChI=1S/C32H38Cl2N2O5/c1-20(37)40-26-6-4-5-24(15-26)32-11-12-36(18-22-7-8-22)19-27(32)30(41-21(2)38)16-25(17-32)35(3)31(39)14-23-9-10-28(33)29(34)13-23/h4-6,9-10,13,15,22,25,27,30H,7-8,11-12,14,16-19H2,1-3H3/t25-,27-,30?,32-/m0/s1. The van der Waals surface area contributed by atoms with E-state index in [4.69, 9.17) is 32.7 Å². The fourth-order valence-corrected chi connectivity index (χ4v) is 7.20. The maximum Gasteiger partial charge on any atom is 0.308 e. The monoisotopic (exact) mass is 600 g/mol. The fourth-order valence-electron chi connectivity index (χ4n) is 6.88. The lowest BCUT2D eigenvalue weighted by Gasteiger charge is -2.56. The van der Waals surface area contributed by atoms with Crippen molar-refractivity contribution in [3.8, 4) is 5.75 Å². The zero-order valence-electron chi connectivity index (χ0n) is 23.9. The van der Waals surface area contributed by atoms with Crippen molar-refractivity contribution in [2.45, 2.75) is 69.9 Å². The number of hydrogen-bond donors (Lipinski definition) is 0. The second-order valence-electron chi connectivity index (χ2n) is 12.0. The smallest absolute Gasteiger partial charge is 0.308 e. The van der Waals surface area contributed by atoms with Crippen molar-refractivity contribution in [2.75, 3.05) is 26.7 Å². The van der Waals surface area contributed by atoms with E-state index in [1.165, 1.54) is 26.7 Å². The predicted molar refractivity (Wildman–Crippen MR) is 158 cm³/mol. The lowest BCUT2D eigenvalue weighted by molar-refractivity contribution is -0.160. The van der Waals surface area contributed by atoms with Gasteiger partial charge in [-0.25, -0.2) is 0 Å². The molecule has 1 heterocycles. The second kappa shape index (κ2) is 12.3. The van der Waals surface area contributed by atoms with Crippen LogP contribution < -0.4 is 4.74 Å². The molecule has 4 atom stereocenters. The Morgan fingerprint density at radius 3 is 2.51 bits per heavy atom. The van der Waals surface area contributed by atoms with Gasteiger partial charge in [-0.2, -0.15) is 0 Å². The Morgan fingerprint density at radius 1 is 1.05 bits per heavy atom. The summed E-state index contributed by atoms with van der Waals surface area (Å²) < 4.78 is 11.5. The Balaban J connectivity index is 1.47. The van der Waals surface area contributed by atoms with Crippen LogP contribution in [0.3, 0.4) is 0 Å². The van der Waals surface area contributed by atoms with Crippen LogP contribution >= 0.6 is 23.2 Å². The minimum Gasteiger partial charge on any atom is -0.462 e. The Labute approximate surface area is 252 Å². The zero-order valence-corrected chi connectivity index (χ0v) is 25.4. The van der Waals surface area contributed by atoms with Crippen LogP contribution in [-0.2, 0) is 31.0 Å². The normalized spacial score (nSPS) is 26.1. The number of piperidine rings is 1. The molecular formula is C32H38Cl2N2O5. The topological polar surface area (TPSA) is 76.2 Å². The van der Waals surface area contributed by atoms with Crippen molar-refractivity contribution in [2.24, 2.45) is 11.8 Å². The van der Waals surface area contributed by atoms with Crippen LogP contribution in [0.1, 0.15) is 57.1 Å². The van der Waals surface area contributed by atoms with Gasteiger partial charge in [0.05, 0.1) is 16.5 Å². The van der Waals surface area contributed by atoms with Crippen LogP contribution in [0, 0.1) is 11.8 Å². The first-order valence-electron chi connectivity index (χ1n) is 14.4. The summed E-state index contributed by atoms with van der Waals surface area (Å²) in [4.78, 5) is 42.1. The summed E-state index contributed by atoms with van der Waals surface area (Å²) >= 11 is 12.3. The van der Waals surface area contributed by atoms with Crippen molar-refractivity contribution in [3.05, 3.63) is 63.6 Å². The van der Waals surface area contributed by atoms with Crippen molar-refractivity contribution in [1.29, 1.82) is 0 Å². The molecule has 0 radical (unpaired) electrons. The van der Waals surface area contributed by atoms with Crippen molar-refractivity contribution >= 4 is 41.0 Å². The van der Waals surface area contributed by atoms with Gasteiger partial charge in [-0.1, -0.05) is 41.4 Å². The van der Waals surface area contributed by atoms with Gasteiger partial charge in [0.15, 0.2) is 0 Å². The van der Waals surface area contributed by atoms with Gasteiger partial charge >= 0.3 is 11.9 Å². The summed E-state index contributed by atoms with van der Waals surface area (Å²) in [5, 5.41) is 0.865. The van der Waals surface area contributed by atoms with Gasteiger partial charge in [-0.15, -0.1) is 0 Å². The van der Waals surface area contributed by atoms with E-state index in [0.29, 0.717) is 22.2 Å². The first kappa shape index (κ1) is 29.9. The zero-order chi connectivity index (χ0) is 29.3. The fraction of sp³-hybridized carbons (Fsp3) is 0.531. The molecule has 0 aromatic heterocycles. The number of nitrogens with zero attached hydrogens (tertiary/aromatic N) is 2. The number of hydrogen-bond acceptors (Lipinski definition) is 6. The molecule has 9 heteroatoms. The molecule has 3 fully saturated rings. The minimum atomic E-state index is -0.373. The van der Waals surface area contributed by atoms with Crippen molar-refractivity contribution in [1.82, 2.24) is 9.80 Å². The number of carbonyl (C=O) groups is 3. The van der Waals surface area contributed by atoms with Crippen LogP contribution in [0.4, 0.5) is 0 Å². The average Bonchev–Trinajstić information content (AvgIpc) is 3.74. The molecule has 0 spiro atoms. The second-order valence-corrected chi connectivity index (χ2v) is 12.8. The number of halogens is 2. The van der Waals surface area contributed by atoms with E-state index in [-0.39, 0.29) is 47.7 Å². The van der Waals surface area contributed by atoms with Crippen LogP contribution in [0.25, 0.3) is 0 Å².